The predicted molar refractivity (Wildman–Crippen MR) is 21.4 cm³/mol. The molecule has 1 N–H and O–H groups in total. The third-order valence-corrected chi connectivity index (χ3v) is 0.997. The third kappa shape index (κ3) is 0.533. The quantitative estimate of drug-likeness (QED) is 0.479. The summed E-state index contributed by atoms with van der Waals surface area (Å²) in [6, 6.07) is 0. The van der Waals surface area contributed by atoms with Crippen LogP contribution in [-0.2, 0) is 4.74 Å². The van der Waals surface area contributed by atoms with Crippen LogP contribution in [0.2, 0.25) is 0 Å². The molecule has 1 fully saturated rings. The van der Waals surface area contributed by atoms with Crippen LogP contribution in [0.5, 0.6) is 0 Å². The minimum atomic E-state index is 0.171. The summed E-state index contributed by atoms with van der Waals surface area (Å²) >= 11 is 0. The summed E-state index contributed by atoms with van der Waals surface area (Å²) in [4.78, 5) is 0. The second-order valence-electron chi connectivity index (χ2n) is 1.46. The molecular weight excluding hydrogens is 80.0 g/mol. The van der Waals surface area contributed by atoms with Gasteiger partial charge in [0.15, 0.2) is 0 Å². The number of hydrogen-bond acceptors (Lipinski definition) is 2. The first-order valence-electron chi connectivity index (χ1n) is 2.16. The topological polar surface area (TPSA) is 29.5 Å². The van der Waals surface area contributed by atoms with E-state index in [1.54, 1.807) is 0 Å². The van der Waals surface area contributed by atoms with Gasteiger partial charge in [0.1, 0.15) is 0 Å². The van der Waals surface area contributed by atoms with Gasteiger partial charge in [0.05, 0.1) is 12.7 Å². The molecule has 1 rings (SSSR count). The van der Waals surface area contributed by atoms with Crippen molar-refractivity contribution in [3.8, 4) is 0 Å². The summed E-state index contributed by atoms with van der Waals surface area (Å²) in [5, 5.41) is 8.26. The molecule has 0 aliphatic carbocycles. The summed E-state index contributed by atoms with van der Waals surface area (Å²) in [5.74, 6) is 0. The normalized spacial score (nSPS) is 32.5. The fourth-order valence-electron chi connectivity index (χ4n) is 0.429. The van der Waals surface area contributed by atoms with E-state index >= 15 is 0 Å². The van der Waals surface area contributed by atoms with Crippen LogP contribution in [0.4, 0.5) is 0 Å². The van der Waals surface area contributed by atoms with E-state index in [1.165, 1.54) is 0 Å². The van der Waals surface area contributed by atoms with Crippen LogP contribution in [0, 0.1) is 0 Å². The third-order valence-electron chi connectivity index (χ3n) is 0.997. The molecule has 2 heteroatoms. The predicted octanol–water partition coefficient (Wildman–Crippen LogP) is -0.232. The van der Waals surface area contributed by atoms with Gasteiger partial charge < -0.3 is 9.84 Å². The van der Waals surface area contributed by atoms with E-state index in [4.69, 9.17) is 9.84 Å². The Bertz CT molecular complexity index is 38.1. The molecule has 6 heavy (non-hydrogen) atoms. The molecule has 36 valence electrons. The van der Waals surface area contributed by atoms with Crippen molar-refractivity contribution < 1.29 is 9.84 Å². The maximum absolute atomic E-state index is 8.26. The van der Waals surface area contributed by atoms with Crippen LogP contribution >= 0.6 is 0 Å². The number of aliphatic hydroxyl groups excluding tert-OH is 1. The van der Waals surface area contributed by atoms with Gasteiger partial charge in [0, 0.05) is 6.61 Å². The summed E-state index contributed by atoms with van der Waals surface area (Å²) < 4.78 is 4.83. The summed E-state index contributed by atoms with van der Waals surface area (Å²) in [7, 11) is 0. The van der Waals surface area contributed by atoms with Gasteiger partial charge in [-0.15, -0.1) is 0 Å². The lowest BCUT2D eigenvalue weighted by atomic mass is 10.2. The van der Waals surface area contributed by atoms with Crippen LogP contribution in [0.25, 0.3) is 0 Å². The minimum Gasteiger partial charge on any atom is -0.394 e. The van der Waals surface area contributed by atoms with E-state index in [2.05, 4.69) is 0 Å². The Morgan fingerprint density at radius 1 is 1.83 bits per heavy atom. The van der Waals surface area contributed by atoms with Crippen molar-refractivity contribution in [3.05, 3.63) is 0 Å². The van der Waals surface area contributed by atoms with Crippen molar-refractivity contribution in [1.29, 1.82) is 0 Å². The molecule has 0 aromatic heterocycles. The molecule has 1 atom stereocenters. The van der Waals surface area contributed by atoms with Crippen molar-refractivity contribution in [3.63, 3.8) is 0 Å². The van der Waals surface area contributed by atoms with Gasteiger partial charge in [-0.25, -0.2) is 0 Å². The average molecular weight is 88.1 g/mol. The Morgan fingerprint density at radius 2 is 2.50 bits per heavy atom. The molecule has 0 unspecified atom stereocenters. The van der Waals surface area contributed by atoms with Crippen molar-refractivity contribution in [2.24, 2.45) is 0 Å². The van der Waals surface area contributed by atoms with Crippen molar-refractivity contribution >= 4 is 0 Å². The lowest BCUT2D eigenvalue weighted by Crippen LogP contribution is -2.29. The molecule has 0 spiro atoms. The van der Waals surface area contributed by atoms with Crippen LogP contribution in [0.1, 0.15) is 6.42 Å². The Labute approximate surface area is 36.7 Å². The van der Waals surface area contributed by atoms with E-state index in [9.17, 15) is 0 Å². The molecule has 2 nitrogen and oxygen atoms in total. The highest BCUT2D eigenvalue weighted by atomic mass is 16.5. The van der Waals surface area contributed by atoms with E-state index in [0.717, 1.165) is 13.0 Å². The second kappa shape index (κ2) is 1.58. The zero-order valence-corrected chi connectivity index (χ0v) is 3.55. The molecule has 0 radical (unpaired) electrons. The maximum atomic E-state index is 8.26. The van der Waals surface area contributed by atoms with Gasteiger partial charge in [-0.1, -0.05) is 0 Å². The van der Waals surface area contributed by atoms with Crippen LogP contribution < -0.4 is 0 Å². The Morgan fingerprint density at radius 3 is 2.50 bits per heavy atom. The lowest BCUT2D eigenvalue weighted by Gasteiger charge is -2.23. The summed E-state index contributed by atoms with van der Waals surface area (Å²) in [6.07, 6.45) is 1.21. The molecule has 0 amide bonds. The van der Waals surface area contributed by atoms with E-state index in [1.807, 2.05) is 0 Å². The fourth-order valence-corrected chi connectivity index (χ4v) is 0.429. The van der Waals surface area contributed by atoms with Crippen LogP contribution in [0.3, 0.4) is 0 Å². The molecule has 0 aromatic rings. The standard InChI is InChI=1S/C4H8O2/c5-3-4-1-2-6-4/h4-5H,1-3H2/t4-/m0/s1. The molecule has 1 heterocycles. The first kappa shape index (κ1) is 4.09. The lowest BCUT2D eigenvalue weighted by molar-refractivity contribution is -0.0773. The maximum Gasteiger partial charge on any atom is 0.0827 e. The van der Waals surface area contributed by atoms with Gasteiger partial charge in [0.25, 0.3) is 0 Å². The van der Waals surface area contributed by atoms with Gasteiger partial charge in [0.2, 0.25) is 0 Å². The molecule has 1 saturated heterocycles. The zero-order chi connectivity index (χ0) is 4.41. The second-order valence-corrected chi connectivity index (χ2v) is 1.46. The van der Waals surface area contributed by atoms with Crippen LogP contribution in [-0.4, -0.2) is 24.4 Å². The highest BCUT2D eigenvalue weighted by molar-refractivity contribution is 4.62. The fraction of sp³-hybridized carbons (Fsp3) is 1.00. The molecular formula is C4H8O2. The highest BCUT2D eigenvalue weighted by Gasteiger charge is 2.15. The van der Waals surface area contributed by atoms with Crippen LogP contribution in [0.15, 0.2) is 0 Å². The largest absolute Gasteiger partial charge is 0.394 e. The SMILES string of the molecule is OC[C@@H]1CCO1. The monoisotopic (exact) mass is 88.1 g/mol. The molecule has 1 aliphatic rings. The van der Waals surface area contributed by atoms with Gasteiger partial charge in [-0.05, 0) is 6.42 Å². The molecule has 0 saturated carbocycles. The first-order valence-corrected chi connectivity index (χ1v) is 2.16. The van der Waals surface area contributed by atoms with Crippen molar-refractivity contribution in [2.75, 3.05) is 13.2 Å². The highest BCUT2D eigenvalue weighted by Crippen LogP contribution is 2.07. The first-order chi connectivity index (χ1) is 2.93. The van der Waals surface area contributed by atoms with Crippen molar-refractivity contribution in [1.82, 2.24) is 0 Å². The molecule has 0 bridgehead atoms. The Hall–Kier alpha value is -0.0800. The number of aliphatic hydroxyl groups is 1. The summed E-state index contributed by atoms with van der Waals surface area (Å²) in [5.41, 5.74) is 0. The van der Waals surface area contributed by atoms with E-state index in [-0.39, 0.29) is 12.7 Å². The Kier molecular flexibility index (Phi) is 1.08. The van der Waals surface area contributed by atoms with Crippen molar-refractivity contribution in [2.45, 2.75) is 12.5 Å². The van der Waals surface area contributed by atoms with Gasteiger partial charge in [-0.3, -0.25) is 0 Å². The van der Waals surface area contributed by atoms with Gasteiger partial charge >= 0.3 is 0 Å². The minimum absolute atomic E-state index is 0.171. The molecule has 1 aliphatic heterocycles. The number of ether oxygens (including phenoxy) is 1. The summed E-state index contributed by atoms with van der Waals surface area (Å²) in [6.45, 7) is 1.03. The van der Waals surface area contributed by atoms with Gasteiger partial charge in [-0.2, -0.15) is 0 Å². The smallest absolute Gasteiger partial charge is 0.0827 e. The average Bonchev–Trinajstić information content (AvgIpc) is 1.31. The number of rotatable bonds is 1. The van der Waals surface area contributed by atoms with E-state index < -0.39 is 0 Å². The number of hydrogen-bond donors (Lipinski definition) is 1. The zero-order valence-electron chi connectivity index (χ0n) is 3.55. The van der Waals surface area contributed by atoms with E-state index in [0.29, 0.717) is 0 Å². The Balaban J connectivity index is 2.01. The molecule has 0 aromatic carbocycles.